The number of thioether (sulfide) groups is 1. The van der Waals surface area contributed by atoms with Crippen LogP contribution in [0.25, 0.3) is 0 Å². The third kappa shape index (κ3) is 6.13. The summed E-state index contributed by atoms with van der Waals surface area (Å²) in [5.41, 5.74) is 1.68. The molecule has 3 aliphatic heterocycles. The minimum atomic E-state index is -0.761. The van der Waals surface area contributed by atoms with Crippen LogP contribution in [0.1, 0.15) is 31.2 Å². The number of likely N-dealkylation sites (tertiary alicyclic amines) is 1. The molecule has 0 aromatic heterocycles. The number of hydrogen-bond acceptors (Lipinski definition) is 5. The number of aliphatic hydroxyl groups is 1. The first-order valence-electron chi connectivity index (χ1n) is 15.1. The summed E-state index contributed by atoms with van der Waals surface area (Å²) >= 11 is 11.7. The standard InChI is InChI=1S/C34H39BrClN3O4S/c1-3-17-37(22-23-11-7-5-8-12-23)31(41)27-28-32(42)39(19-9-6-10-20-40)30(34(28)21-26(35)29(27)44-34)33(43)38(18-4-2)25-15-13-24(36)14-16-25/h3-5,7-8,11-16,26-30,40H,1-2,6,9-10,17-22H2/t26?,27-,28-,29-,30?,34?/m0/s1. The van der Waals surface area contributed by atoms with Gasteiger partial charge in [-0.25, -0.2) is 0 Å². The molecule has 2 aromatic rings. The molecule has 3 heterocycles. The number of rotatable bonds is 14. The first-order chi connectivity index (χ1) is 21.3. The average molecular weight is 701 g/mol. The fourth-order valence-electron chi connectivity index (χ4n) is 7.13. The average Bonchev–Trinajstić information content (AvgIpc) is 3.61. The number of fused-ring (bicyclic) bond motifs is 1. The Bertz CT molecular complexity index is 1380. The van der Waals surface area contributed by atoms with E-state index in [1.54, 1.807) is 62.9 Å². The Labute approximate surface area is 277 Å². The van der Waals surface area contributed by atoms with Crippen LogP contribution in [0.3, 0.4) is 0 Å². The number of carbonyl (C=O) groups excluding carboxylic acids is 3. The molecule has 234 valence electrons. The molecule has 1 N–H and O–H groups in total. The normalized spacial score (nSPS) is 26.8. The molecule has 6 atom stereocenters. The van der Waals surface area contributed by atoms with E-state index in [9.17, 15) is 19.5 Å². The topological polar surface area (TPSA) is 81.2 Å². The molecular weight excluding hydrogens is 662 g/mol. The van der Waals surface area contributed by atoms with Crippen molar-refractivity contribution in [2.75, 3.05) is 31.1 Å². The summed E-state index contributed by atoms with van der Waals surface area (Å²) in [4.78, 5) is 48.9. The van der Waals surface area contributed by atoms with E-state index in [4.69, 9.17) is 11.6 Å². The SMILES string of the molecule is C=CCN(Cc1ccccc1)C(=O)[C@H]1[C@H]2C(=O)N(CCCCCO)C(C(=O)N(CC=C)c3ccc(Cl)cc3)C23CC(Br)[C@@H]1S3. The van der Waals surface area contributed by atoms with Crippen LogP contribution in [0.5, 0.6) is 0 Å². The highest BCUT2D eigenvalue weighted by atomic mass is 79.9. The highest BCUT2D eigenvalue weighted by Gasteiger charge is 2.76. The second-order valence-corrected chi connectivity index (χ2v) is 14.8. The Hall–Kier alpha value is -2.59. The summed E-state index contributed by atoms with van der Waals surface area (Å²) in [5, 5.41) is 9.77. The summed E-state index contributed by atoms with van der Waals surface area (Å²) in [6, 6.07) is 16.2. The maximum Gasteiger partial charge on any atom is 0.251 e. The van der Waals surface area contributed by atoms with Crippen LogP contribution in [0.15, 0.2) is 79.9 Å². The molecule has 1 spiro atoms. The molecule has 44 heavy (non-hydrogen) atoms. The van der Waals surface area contributed by atoms with Gasteiger partial charge in [-0.05, 0) is 55.5 Å². The molecule has 3 fully saturated rings. The Morgan fingerprint density at radius 2 is 1.75 bits per heavy atom. The first-order valence-corrected chi connectivity index (χ1v) is 17.3. The monoisotopic (exact) mass is 699 g/mol. The van der Waals surface area contributed by atoms with E-state index >= 15 is 0 Å². The van der Waals surface area contributed by atoms with Crippen molar-refractivity contribution in [3.8, 4) is 0 Å². The van der Waals surface area contributed by atoms with Gasteiger partial charge in [-0.15, -0.1) is 24.9 Å². The number of aliphatic hydroxyl groups excluding tert-OH is 1. The minimum Gasteiger partial charge on any atom is -0.396 e. The van der Waals surface area contributed by atoms with Gasteiger partial charge < -0.3 is 19.8 Å². The summed E-state index contributed by atoms with van der Waals surface area (Å²) < 4.78 is -0.761. The van der Waals surface area contributed by atoms with Gasteiger partial charge in [-0.2, -0.15) is 0 Å². The lowest BCUT2D eigenvalue weighted by Crippen LogP contribution is -2.56. The summed E-state index contributed by atoms with van der Waals surface area (Å²) in [7, 11) is 0. The zero-order valence-electron chi connectivity index (χ0n) is 24.7. The summed E-state index contributed by atoms with van der Waals surface area (Å²) in [6.07, 6.45) is 6.02. The van der Waals surface area contributed by atoms with Gasteiger partial charge in [0.25, 0.3) is 5.91 Å². The highest BCUT2D eigenvalue weighted by molar-refractivity contribution is 9.09. The number of unbranched alkanes of at least 4 members (excludes halogenated alkanes) is 2. The third-order valence-electron chi connectivity index (χ3n) is 8.96. The van der Waals surface area contributed by atoms with Crippen LogP contribution in [-0.4, -0.2) is 79.7 Å². The number of amides is 3. The zero-order valence-corrected chi connectivity index (χ0v) is 27.9. The zero-order chi connectivity index (χ0) is 31.4. The van der Waals surface area contributed by atoms with Crippen molar-refractivity contribution in [3.63, 3.8) is 0 Å². The number of nitrogens with zero attached hydrogens (tertiary/aromatic N) is 3. The van der Waals surface area contributed by atoms with E-state index in [1.165, 1.54) is 0 Å². The van der Waals surface area contributed by atoms with Gasteiger partial charge in [0.05, 0.1) is 16.6 Å². The molecule has 2 aromatic carbocycles. The number of alkyl halides is 1. The van der Waals surface area contributed by atoms with Gasteiger partial charge >= 0.3 is 0 Å². The van der Waals surface area contributed by atoms with E-state index in [2.05, 4.69) is 29.1 Å². The van der Waals surface area contributed by atoms with Crippen molar-refractivity contribution in [2.24, 2.45) is 11.8 Å². The van der Waals surface area contributed by atoms with Gasteiger partial charge in [0.1, 0.15) is 6.04 Å². The molecule has 0 saturated carbocycles. The van der Waals surface area contributed by atoms with E-state index in [1.807, 2.05) is 30.3 Å². The smallest absolute Gasteiger partial charge is 0.251 e. The van der Waals surface area contributed by atoms with Gasteiger partial charge in [0.15, 0.2) is 0 Å². The van der Waals surface area contributed by atoms with E-state index < -0.39 is 22.6 Å². The largest absolute Gasteiger partial charge is 0.396 e. The van der Waals surface area contributed by atoms with Crippen molar-refractivity contribution in [1.29, 1.82) is 0 Å². The van der Waals surface area contributed by atoms with Gasteiger partial charge in [0.2, 0.25) is 11.8 Å². The molecule has 3 amide bonds. The Morgan fingerprint density at radius 3 is 2.41 bits per heavy atom. The number of hydrogen-bond donors (Lipinski definition) is 1. The molecule has 3 saturated heterocycles. The maximum atomic E-state index is 14.7. The van der Waals surface area contributed by atoms with Crippen molar-refractivity contribution < 1.29 is 19.5 Å². The molecule has 5 rings (SSSR count). The minimum absolute atomic E-state index is 0.0270. The lowest BCUT2D eigenvalue weighted by Gasteiger charge is -2.38. The van der Waals surface area contributed by atoms with Crippen molar-refractivity contribution in [1.82, 2.24) is 9.80 Å². The maximum absolute atomic E-state index is 14.7. The van der Waals surface area contributed by atoms with Crippen LogP contribution < -0.4 is 4.90 Å². The Morgan fingerprint density at radius 1 is 1.05 bits per heavy atom. The van der Waals surface area contributed by atoms with E-state index in [0.29, 0.717) is 49.6 Å². The fourth-order valence-corrected chi connectivity index (χ4v) is 10.9. The van der Waals surface area contributed by atoms with E-state index in [-0.39, 0.29) is 41.0 Å². The lowest BCUT2D eigenvalue weighted by molar-refractivity contribution is -0.144. The lowest BCUT2D eigenvalue weighted by atomic mass is 9.70. The molecular formula is C34H39BrClN3O4S. The van der Waals surface area contributed by atoms with Crippen LogP contribution >= 0.6 is 39.3 Å². The Balaban J connectivity index is 1.53. The predicted molar refractivity (Wildman–Crippen MR) is 181 cm³/mol. The number of anilines is 1. The summed E-state index contributed by atoms with van der Waals surface area (Å²) in [5.74, 6) is -1.59. The predicted octanol–water partition coefficient (Wildman–Crippen LogP) is 5.70. The van der Waals surface area contributed by atoms with Crippen LogP contribution in [0.2, 0.25) is 5.02 Å². The molecule has 0 radical (unpaired) electrons. The quantitative estimate of drug-likeness (QED) is 0.156. The summed E-state index contributed by atoms with van der Waals surface area (Å²) in [6.45, 7) is 9.29. The second kappa shape index (κ2) is 14.2. The van der Waals surface area contributed by atoms with Crippen molar-refractivity contribution >= 4 is 62.7 Å². The number of halogens is 2. The molecule has 3 aliphatic rings. The van der Waals surface area contributed by atoms with Crippen LogP contribution in [-0.2, 0) is 20.9 Å². The van der Waals surface area contributed by atoms with Gasteiger partial charge in [-0.3, -0.25) is 14.4 Å². The Kier molecular flexibility index (Phi) is 10.6. The number of benzene rings is 2. The van der Waals surface area contributed by atoms with Gasteiger partial charge in [-0.1, -0.05) is 70.0 Å². The van der Waals surface area contributed by atoms with Crippen LogP contribution in [0, 0.1) is 11.8 Å². The van der Waals surface area contributed by atoms with Crippen molar-refractivity contribution in [3.05, 3.63) is 90.5 Å². The molecule has 3 unspecified atom stereocenters. The molecule has 10 heteroatoms. The van der Waals surface area contributed by atoms with Crippen LogP contribution in [0.4, 0.5) is 5.69 Å². The molecule has 2 bridgehead atoms. The molecule has 7 nitrogen and oxygen atoms in total. The molecule has 0 aliphatic carbocycles. The third-order valence-corrected chi connectivity index (χ3v) is 12.4. The number of carbonyl (C=O) groups is 3. The van der Waals surface area contributed by atoms with Gasteiger partial charge in [0, 0.05) is 53.6 Å². The second-order valence-electron chi connectivity index (χ2n) is 11.7. The highest BCUT2D eigenvalue weighted by Crippen LogP contribution is 2.68. The van der Waals surface area contributed by atoms with E-state index in [0.717, 1.165) is 12.0 Å². The van der Waals surface area contributed by atoms with Crippen molar-refractivity contribution in [2.45, 2.75) is 53.1 Å². The fraction of sp³-hybridized carbons (Fsp3) is 0.441. The first kappa shape index (κ1) is 32.8.